The summed E-state index contributed by atoms with van der Waals surface area (Å²) >= 11 is 3.59. The molecule has 0 fully saturated rings. The van der Waals surface area contributed by atoms with Crippen LogP contribution in [0.2, 0.25) is 0 Å². The molecule has 1 aliphatic carbocycles. The molecule has 0 spiro atoms. The van der Waals surface area contributed by atoms with Gasteiger partial charge >= 0.3 is 0 Å². The molecule has 2 aromatic carbocycles. The van der Waals surface area contributed by atoms with Gasteiger partial charge in [-0.2, -0.15) is 0 Å². The molecule has 90 valence electrons. The van der Waals surface area contributed by atoms with E-state index in [2.05, 4.69) is 52.3 Å². The van der Waals surface area contributed by atoms with E-state index in [1.807, 2.05) is 12.1 Å². The molecule has 0 amide bonds. The summed E-state index contributed by atoms with van der Waals surface area (Å²) in [4.78, 5) is 0. The van der Waals surface area contributed by atoms with Gasteiger partial charge in [-0.3, -0.25) is 0 Å². The standard InChI is InChI=1S/C16H14BrN/c17-16-4-2-1-3-13(16)9-11-5-6-12-10-14(18)7-8-15(11)12/h1-4,7-10H,5-6,18H2. The average molecular weight is 300 g/mol. The van der Waals surface area contributed by atoms with E-state index in [1.54, 1.807) is 0 Å². The maximum Gasteiger partial charge on any atom is 0.0317 e. The Morgan fingerprint density at radius 1 is 1.06 bits per heavy atom. The van der Waals surface area contributed by atoms with Gasteiger partial charge in [-0.1, -0.05) is 46.3 Å². The van der Waals surface area contributed by atoms with Crippen LogP contribution in [0.25, 0.3) is 11.6 Å². The monoisotopic (exact) mass is 299 g/mol. The van der Waals surface area contributed by atoms with Crippen LogP contribution in [0, 0.1) is 0 Å². The molecule has 0 saturated carbocycles. The van der Waals surface area contributed by atoms with Crippen molar-refractivity contribution in [2.75, 3.05) is 5.73 Å². The number of hydrogen-bond donors (Lipinski definition) is 1. The highest BCUT2D eigenvalue weighted by Crippen LogP contribution is 2.35. The molecule has 1 nitrogen and oxygen atoms in total. The SMILES string of the molecule is Nc1ccc2c(c1)CCC2=Cc1ccccc1Br. The van der Waals surface area contributed by atoms with Crippen molar-refractivity contribution in [3.8, 4) is 0 Å². The van der Waals surface area contributed by atoms with Crippen molar-refractivity contribution in [2.45, 2.75) is 12.8 Å². The van der Waals surface area contributed by atoms with Crippen LogP contribution >= 0.6 is 15.9 Å². The van der Waals surface area contributed by atoms with E-state index in [0.29, 0.717) is 0 Å². The topological polar surface area (TPSA) is 26.0 Å². The van der Waals surface area contributed by atoms with E-state index >= 15 is 0 Å². The van der Waals surface area contributed by atoms with Crippen molar-refractivity contribution in [2.24, 2.45) is 0 Å². The summed E-state index contributed by atoms with van der Waals surface area (Å²) in [5.74, 6) is 0. The summed E-state index contributed by atoms with van der Waals surface area (Å²) in [6.45, 7) is 0. The van der Waals surface area contributed by atoms with Crippen molar-refractivity contribution in [3.63, 3.8) is 0 Å². The Labute approximate surface area is 115 Å². The molecule has 0 atom stereocenters. The molecular formula is C16H14BrN. The van der Waals surface area contributed by atoms with Crippen LogP contribution in [0.5, 0.6) is 0 Å². The van der Waals surface area contributed by atoms with Crippen LogP contribution in [-0.2, 0) is 6.42 Å². The minimum Gasteiger partial charge on any atom is -0.399 e. The number of hydrogen-bond acceptors (Lipinski definition) is 1. The van der Waals surface area contributed by atoms with E-state index in [9.17, 15) is 0 Å². The maximum absolute atomic E-state index is 5.83. The van der Waals surface area contributed by atoms with Gasteiger partial charge in [0.1, 0.15) is 0 Å². The number of benzene rings is 2. The van der Waals surface area contributed by atoms with Gasteiger partial charge < -0.3 is 5.73 Å². The van der Waals surface area contributed by atoms with Crippen molar-refractivity contribution in [1.82, 2.24) is 0 Å². The normalized spacial score (nSPS) is 15.9. The van der Waals surface area contributed by atoms with Gasteiger partial charge in [-0.25, -0.2) is 0 Å². The van der Waals surface area contributed by atoms with Crippen LogP contribution in [0.1, 0.15) is 23.1 Å². The Morgan fingerprint density at radius 2 is 1.89 bits per heavy atom. The summed E-state index contributed by atoms with van der Waals surface area (Å²) in [7, 11) is 0. The van der Waals surface area contributed by atoms with Gasteiger partial charge in [0.05, 0.1) is 0 Å². The molecule has 0 aliphatic heterocycles. The third kappa shape index (κ3) is 2.08. The van der Waals surface area contributed by atoms with Gasteiger partial charge in [-0.05, 0) is 53.3 Å². The quantitative estimate of drug-likeness (QED) is 0.770. The molecule has 3 rings (SSSR count). The zero-order valence-electron chi connectivity index (χ0n) is 9.99. The van der Waals surface area contributed by atoms with Crippen molar-refractivity contribution < 1.29 is 0 Å². The number of nitrogen functional groups attached to an aromatic ring is 1. The Morgan fingerprint density at radius 3 is 2.72 bits per heavy atom. The van der Waals surface area contributed by atoms with Crippen molar-refractivity contribution in [3.05, 3.63) is 63.6 Å². The predicted octanol–water partition coefficient (Wildman–Crippen LogP) is 4.52. The van der Waals surface area contributed by atoms with Gasteiger partial charge in [0.25, 0.3) is 0 Å². The predicted molar refractivity (Wildman–Crippen MR) is 81.2 cm³/mol. The smallest absolute Gasteiger partial charge is 0.0317 e. The Bertz CT molecular complexity index is 629. The van der Waals surface area contributed by atoms with E-state index in [4.69, 9.17) is 5.73 Å². The number of halogens is 1. The lowest BCUT2D eigenvalue weighted by atomic mass is 10.0. The molecule has 0 radical (unpaired) electrons. The summed E-state index contributed by atoms with van der Waals surface area (Å²) < 4.78 is 1.14. The second-order valence-corrected chi connectivity index (χ2v) is 5.46. The Balaban J connectivity index is 2.04. The lowest BCUT2D eigenvalue weighted by Crippen LogP contribution is -1.87. The van der Waals surface area contributed by atoms with Crippen molar-refractivity contribution >= 4 is 33.3 Å². The van der Waals surface area contributed by atoms with Gasteiger partial charge in [0, 0.05) is 10.2 Å². The summed E-state index contributed by atoms with van der Waals surface area (Å²) in [6.07, 6.45) is 4.46. The van der Waals surface area contributed by atoms with Gasteiger partial charge in [0.15, 0.2) is 0 Å². The van der Waals surface area contributed by atoms with Gasteiger partial charge in [-0.15, -0.1) is 0 Å². The molecule has 2 aromatic rings. The molecule has 0 aromatic heterocycles. The van der Waals surface area contributed by atoms with Crippen LogP contribution < -0.4 is 5.73 Å². The lowest BCUT2D eigenvalue weighted by molar-refractivity contribution is 1.08. The third-order valence-corrected chi connectivity index (χ3v) is 4.10. The van der Waals surface area contributed by atoms with E-state index in [0.717, 1.165) is 23.0 Å². The van der Waals surface area contributed by atoms with Gasteiger partial charge in [0.2, 0.25) is 0 Å². The minimum atomic E-state index is 0.857. The van der Waals surface area contributed by atoms with E-state index < -0.39 is 0 Å². The van der Waals surface area contributed by atoms with Crippen LogP contribution in [-0.4, -0.2) is 0 Å². The third-order valence-electron chi connectivity index (χ3n) is 3.37. The molecule has 0 saturated heterocycles. The number of nitrogens with two attached hydrogens (primary N) is 1. The fraction of sp³-hybridized carbons (Fsp3) is 0.125. The molecule has 0 heterocycles. The number of allylic oxidation sites excluding steroid dienone is 1. The molecule has 2 N–H and O–H groups in total. The molecule has 0 bridgehead atoms. The molecule has 0 unspecified atom stereocenters. The second-order valence-electron chi connectivity index (χ2n) is 4.61. The molecular weight excluding hydrogens is 286 g/mol. The average Bonchev–Trinajstić information content (AvgIpc) is 2.74. The second kappa shape index (κ2) is 4.62. The summed E-state index contributed by atoms with van der Waals surface area (Å²) in [6, 6.07) is 14.5. The highest BCUT2D eigenvalue weighted by molar-refractivity contribution is 9.10. The number of anilines is 1. The highest BCUT2D eigenvalue weighted by atomic mass is 79.9. The van der Waals surface area contributed by atoms with Crippen LogP contribution in [0.15, 0.2) is 46.9 Å². The molecule has 18 heavy (non-hydrogen) atoms. The summed E-state index contributed by atoms with van der Waals surface area (Å²) in [5.41, 5.74) is 12.0. The van der Waals surface area contributed by atoms with E-state index in [-0.39, 0.29) is 0 Å². The van der Waals surface area contributed by atoms with Crippen LogP contribution in [0.4, 0.5) is 5.69 Å². The number of rotatable bonds is 1. The first kappa shape index (κ1) is 11.5. The molecule has 1 aliphatic rings. The van der Waals surface area contributed by atoms with E-state index in [1.165, 1.54) is 22.3 Å². The zero-order valence-corrected chi connectivity index (χ0v) is 11.6. The number of aryl methyl sites for hydroxylation is 1. The fourth-order valence-electron chi connectivity index (χ4n) is 2.47. The first-order valence-electron chi connectivity index (χ1n) is 6.08. The Hall–Kier alpha value is -1.54. The molecule has 2 heteroatoms. The fourth-order valence-corrected chi connectivity index (χ4v) is 2.87. The zero-order chi connectivity index (χ0) is 12.5. The Kier molecular flexibility index (Phi) is 2.96. The minimum absolute atomic E-state index is 0.857. The number of fused-ring (bicyclic) bond motifs is 1. The summed E-state index contributed by atoms with van der Waals surface area (Å²) in [5, 5.41) is 0. The highest BCUT2D eigenvalue weighted by Gasteiger charge is 2.16. The van der Waals surface area contributed by atoms with Crippen LogP contribution in [0.3, 0.4) is 0 Å². The van der Waals surface area contributed by atoms with Crippen molar-refractivity contribution in [1.29, 1.82) is 0 Å². The lowest BCUT2D eigenvalue weighted by Gasteiger charge is -2.04. The maximum atomic E-state index is 5.83. The largest absolute Gasteiger partial charge is 0.399 e. The first-order valence-corrected chi connectivity index (χ1v) is 6.87. The first-order chi connectivity index (χ1) is 8.74.